The van der Waals surface area contributed by atoms with Gasteiger partial charge < -0.3 is 19.4 Å². The monoisotopic (exact) mass is 501 g/mol. The lowest BCUT2D eigenvalue weighted by Crippen LogP contribution is -2.41. The summed E-state index contributed by atoms with van der Waals surface area (Å²) < 4.78 is 18.3. The highest BCUT2D eigenvalue weighted by Gasteiger charge is 2.52. The van der Waals surface area contributed by atoms with Gasteiger partial charge in [-0.2, -0.15) is 0 Å². The molecule has 1 N–H and O–H groups in total. The third-order valence-corrected chi connectivity index (χ3v) is 8.37. The van der Waals surface area contributed by atoms with E-state index in [0.717, 1.165) is 10.3 Å². The van der Waals surface area contributed by atoms with Crippen molar-refractivity contribution in [2.24, 2.45) is 0 Å². The van der Waals surface area contributed by atoms with E-state index in [0.29, 0.717) is 0 Å². The minimum Gasteiger partial charge on any atom is -0.449 e. The van der Waals surface area contributed by atoms with Crippen molar-refractivity contribution in [3.8, 4) is 11.1 Å². The number of rotatable bonds is 6. The number of nitrogens with one attached hydrogen (secondary N) is 1. The van der Waals surface area contributed by atoms with Crippen LogP contribution in [0.2, 0.25) is 0 Å². The molecule has 2 aromatic carbocycles. The van der Waals surface area contributed by atoms with Crippen molar-refractivity contribution in [3.05, 3.63) is 87.0 Å². The molecule has 2 heterocycles. The molecule has 0 spiro atoms. The Balaban J connectivity index is 1.28. The van der Waals surface area contributed by atoms with Gasteiger partial charge in [-0.25, -0.2) is 4.79 Å². The number of carbonyl (C=O) groups excluding carboxylic acids is 1. The number of hydrogen-bond acceptors (Lipinski definition) is 5. The van der Waals surface area contributed by atoms with Gasteiger partial charge in [0, 0.05) is 22.2 Å². The van der Waals surface area contributed by atoms with Gasteiger partial charge in [0.2, 0.25) is 0 Å². The first-order chi connectivity index (χ1) is 17.1. The van der Waals surface area contributed by atoms with Crippen LogP contribution in [0.25, 0.3) is 17.2 Å². The summed E-state index contributed by atoms with van der Waals surface area (Å²) in [5.41, 5.74) is 4.72. The standard InChI is InChI=1S/C29H32BNO4S/c1-19-14-15-21(36-19)16-20(30-34-28(2,3)29(4,5)35-30)17-31-27(32)33-18-26-24-12-8-6-10-22(24)23-11-7-9-13-25(23)26/h6-16,26H,17-18H2,1-5H3,(H,31,32). The second kappa shape index (κ2) is 9.54. The number of amides is 1. The number of fused-ring (bicyclic) bond motifs is 3. The molecule has 36 heavy (non-hydrogen) atoms. The SMILES string of the molecule is Cc1ccc(C=C(CNC(=O)OCC2c3ccccc3-c3ccccc32)B2OC(C)(C)C(C)(C)O2)s1. The van der Waals surface area contributed by atoms with E-state index in [9.17, 15) is 4.79 Å². The molecular formula is C29H32BNO4S. The van der Waals surface area contributed by atoms with Crippen LogP contribution in [0.4, 0.5) is 4.79 Å². The third kappa shape index (κ3) is 4.75. The zero-order valence-electron chi connectivity index (χ0n) is 21.5. The predicted octanol–water partition coefficient (Wildman–Crippen LogP) is 6.61. The fraction of sp³-hybridized carbons (Fsp3) is 0.345. The van der Waals surface area contributed by atoms with Crippen LogP contribution in [-0.2, 0) is 14.0 Å². The fourth-order valence-electron chi connectivity index (χ4n) is 4.73. The molecule has 1 aliphatic carbocycles. The average Bonchev–Trinajstić information content (AvgIpc) is 3.46. The molecule has 186 valence electrons. The normalized spacial score (nSPS) is 18.1. The Bertz CT molecular complexity index is 1250. The molecule has 0 atom stereocenters. The molecule has 7 heteroatoms. The fourth-order valence-corrected chi connectivity index (χ4v) is 5.59. The molecule has 1 saturated heterocycles. The van der Waals surface area contributed by atoms with Crippen LogP contribution < -0.4 is 5.32 Å². The van der Waals surface area contributed by atoms with Crippen LogP contribution >= 0.6 is 11.3 Å². The molecule has 1 amide bonds. The van der Waals surface area contributed by atoms with E-state index in [-0.39, 0.29) is 19.1 Å². The molecule has 0 saturated carbocycles. The quantitative estimate of drug-likeness (QED) is 0.386. The highest BCUT2D eigenvalue weighted by atomic mass is 32.1. The van der Waals surface area contributed by atoms with Gasteiger partial charge >= 0.3 is 13.2 Å². The molecule has 3 aromatic rings. The van der Waals surface area contributed by atoms with Crippen LogP contribution in [0, 0.1) is 6.92 Å². The number of thiophene rings is 1. The van der Waals surface area contributed by atoms with Gasteiger partial charge in [0.25, 0.3) is 0 Å². The average molecular weight is 501 g/mol. The van der Waals surface area contributed by atoms with Gasteiger partial charge in [0.05, 0.1) is 11.2 Å². The van der Waals surface area contributed by atoms with Crippen LogP contribution in [0.3, 0.4) is 0 Å². The first-order valence-electron chi connectivity index (χ1n) is 12.4. The maximum atomic E-state index is 12.8. The van der Waals surface area contributed by atoms with E-state index < -0.39 is 24.4 Å². The van der Waals surface area contributed by atoms with E-state index in [1.54, 1.807) is 11.3 Å². The molecule has 1 aromatic heterocycles. The van der Waals surface area contributed by atoms with E-state index >= 15 is 0 Å². The molecule has 0 unspecified atom stereocenters. The van der Waals surface area contributed by atoms with E-state index in [2.05, 4.69) is 48.6 Å². The summed E-state index contributed by atoms with van der Waals surface area (Å²) in [6, 6.07) is 20.8. The number of aryl methyl sites for hydroxylation is 1. The summed E-state index contributed by atoms with van der Waals surface area (Å²) >= 11 is 1.69. The molecule has 1 fully saturated rings. The maximum Gasteiger partial charge on any atom is 0.492 e. The van der Waals surface area contributed by atoms with Gasteiger partial charge in [-0.1, -0.05) is 48.5 Å². The van der Waals surface area contributed by atoms with Crippen LogP contribution in [-0.4, -0.2) is 37.6 Å². The lowest BCUT2D eigenvalue weighted by atomic mass is 9.77. The van der Waals surface area contributed by atoms with Crippen molar-refractivity contribution in [1.29, 1.82) is 0 Å². The summed E-state index contributed by atoms with van der Waals surface area (Å²) in [5, 5.41) is 2.93. The number of carbonyl (C=O) groups is 1. The lowest BCUT2D eigenvalue weighted by Gasteiger charge is -2.32. The molecule has 1 aliphatic heterocycles. The van der Waals surface area contributed by atoms with Crippen LogP contribution in [0.1, 0.15) is 54.5 Å². The Morgan fingerprint density at radius 3 is 2.11 bits per heavy atom. The zero-order valence-corrected chi connectivity index (χ0v) is 22.3. The highest BCUT2D eigenvalue weighted by Crippen LogP contribution is 2.44. The maximum absolute atomic E-state index is 12.8. The molecule has 2 aliphatic rings. The Morgan fingerprint density at radius 2 is 1.56 bits per heavy atom. The van der Waals surface area contributed by atoms with Gasteiger partial charge in [0.1, 0.15) is 6.61 Å². The first kappa shape index (κ1) is 24.8. The van der Waals surface area contributed by atoms with Gasteiger partial charge in [-0.3, -0.25) is 0 Å². The summed E-state index contributed by atoms with van der Waals surface area (Å²) in [7, 11) is -0.550. The minimum absolute atomic E-state index is 0.0235. The number of benzene rings is 2. The van der Waals surface area contributed by atoms with Gasteiger partial charge in [-0.15, -0.1) is 11.3 Å². The lowest BCUT2D eigenvalue weighted by molar-refractivity contribution is 0.00578. The third-order valence-electron chi connectivity index (χ3n) is 7.43. The Morgan fingerprint density at radius 1 is 0.972 bits per heavy atom. The Hall–Kier alpha value is -2.87. The topological polar surface area (TPSA) is 56.8 Å². The van der Waals surface area contributed by atoms with Crippen LogP contribution in [0.15, 0.2) is 66.1 Å². The Labute approximate surface area is 217 Å². The molecule has 5 rings (SSSR count). The predicted molar refractivity (Wildman–Crippen MR) is 146 cm³/mol. The smallest absolute Gasteiger partial charge is 0.449 e. The largest absolute Gasteiger partial charge is 0.492 e. The molecule has 0 radical (unpaired) electrons. The van der Waals surface area contributed by atoms with E-state index in [1.807, 2.05) is 58.0 Å². The molecule has 5 nitrogen and oxygen atoms in total. The first-order valence-corrected chi connectivity index (χ1v) is 13.2. The van der Waals surface area contributed by atoms with Crippen molar-refractivity contribution in [1.82, 2.24) is 5.32 Å². The minimum atomic E-state index is -0.550. The Kier molecular flexibility index (Phi) is 6.58. The molecular weight excluding hydrogens is 469 g/mol. The van der Waals surface area contributed by atoms with Crippen LogP contribution in [0.5, 0.6) is 0 Å². The highest BCUT2D eigenvalue weighted by molar-refractivity contribution is 7.12. The second-order valence-electron chi connectivity index (χ2n) is 10.4. The number of ether oxygens (including phenoxy) is 1. The van der Waals surface area contributed by atoms with Crippen molar-refractivity contribution in [3.63, 3.8) is 0 Å². The van der Waals surface area contributed by atoms with Crippen molar-refractivity contribution >= 4 is 30.6 Å². The van der Waals surface area contributed by atoms with Gasteiger partial charge in [0.15, 0.2) is 0 Å². The van der Waals surface area contributed by atoms with Crippen molar-refractivity contribution in [2.75, 3.05) is 13.2 Å². The number of alkyl carbamates (subject to hydrolysis) is 1. The van der Waals surface area contributed by atoms with E-state index in [4.69, 9.17) is 14.0 Å². The second-order valence-corrected chi connectivity index (χ2v) is 11.8. The zero-order chi connectivity index (χ0) is 25.5. The van der Waals surface area contributed by atoms with Gasteiger partial charge in [-0.05, 0) is 80.6 Å². The number of hydrogen-bond donors (Lipinski definition) is 1. The summed E-state index contributed by atoms with van der Waals surface area (Å²) in [6.07, 6.45) is 1.59. The van der Waals surface area contributed by atoms with E-state index in [1.165, 1.54) is 27.1 Å². The summed E-state index contributed by atoms with van der Waals surface area (Å²) in [4.78, 5) is 15.1. The summed E-state index contributed by atoms with van der Waals surface area (Å²) in [5.74, 6) is 0.0235. The van der Waals surface area contributed by atoms with Crippen molar-refractivity contribution < 1.29 is 18.8 Å². The van der Waals surface area contributed by atoms with Crippen molar-refractivity contribution in [2.45, 2.75) is 51.7 Å². The summed E-state index contributed by atoms with van der Waals surface area (Å²) in [6.45, 7) is 10.7. The molecule has 0 bridgehead atoms.